The molecule has 0 aromatic heterocycles. The zero-order valence-corrected chi connectivity index (χ0v) is 12.8. The van der Waals surface area contributed by atoms with Crippen molar-refractivity contribution in [3.63, 3.8) is 0 Å². The van der Waals surface area contributed by atoms with Crippen molar-refractivity contribution in [3.05, 3.63) is 35.9 Å². The Morgan fingerprint density at radius 3 is 2.26 bits per heavy atom. The molecule has 0 amide bonds. The van der Waals surface area contributed by atoms with Crippen LogP contribution in [0.25, 0.3) is 0 Å². The summed E-state index contributed by atoms with van der Waals surface area (Å²) in [6, 6.07) is 10.7. The van der Waals surface area contributed by atoms with Crippen molar-refractivity contribution < 1.29 is 0 Å². The van der Waals surface area contributed by atoms with Gasteiger partial charge in [-0.05, 0) is 49.0 Å². The van der Waals surface area contributed by atoms with Crippen LogP contribution in [0.5, 0.6) is 0 Å². The minimum absolute atomic E-state index is 0.0283. The molecule has 19 heavy (non-hydrogen) atoms. The summed E-state index contributed by atoms with van der Waals surface area (Å²) >= 11 is 12.7. The molecule has 0 heterocycles. The predicted octanol–water partition coefficient (Wildman–Crippen LogP) is 5.23. The van der Waals surface area contributed by atoms with Gasteiger partial charge in [-0.25, -0.2) is 0 Å². The lowest BCUT2D eigenvalue weighted by molar-refractivity contribution is 0.263. The minimum atomic E-state index is -0.0283. The Morgan fingerprint density at radius 1 is 1.00 bits per heavy atom. The quantitative estimate of drug-likeness (QED) is 0.653. The van der Waals surface area contributed by atoms with Crippen LogP contribution in [0.1, 0.15) is 37.7 Å². The first-order chi connectivity index (χ1) is 9.27. The molecule has 1 aromatic rings. The van der Waals surface area contributed by atoms with E-state index in [4.69, 9.17) is 23.2 Å². The van der Waals surface area contributed by atoms with Crippen LogP contribution in [0.2, 0.25) is 0 Å². The lowest BCUT2D eigenvalue weighted by Gasteiger charge is -2.35. The molecule has 1 aromatic carbocycles. The van der Waals surface area contributed by atoms with E-state index in [9.17, 15) is 0 Å². The van der Waals surface area contributed by atoms with Crippen LogP contribution >= 0.6 is 23.2 Å². The van der Waals surface area contributed by atoms with Crippen LogP contribution in [-0.2, 0) is 5.41 Å². The van der Waals surface area contributed by atoms with Crippen LogP contribution in [0, 0.1) is 17.8 Å². The highest BCUT2D eigenvalue weighted by atomic mass is 35.5. The van der Waals surface area contributed by atoms with E-state index < -0.39 is 0 Å². The summed E-state index contributed by atoms with van der Waals surface area (Å²) in [5, 5.41) is 0. The molecule has 0 spiro atoms. The molecule has 0 N–H and O–H groups in total. The van der Waals surface area contributed by atoms with Crippen LogP contribution in [0.3, 0.4) is 0 Å². The van der Waals surface area contributed by atoms with E-state index in [1.165, 1.54) is 37.7 Å². The molecule has 0 radical (unpaired) electrons. The van der Waals surface area contributed by atoms with Gasteiger partial charge in [-0.15, -0.1) is 23.2 Å². The Bertz CT molecular complexity index is 411. The minimum Gasteiger partial charge on any atom is -0.126 e. The first-order valence-corrected chi connectivity index (χ1v) is 8.52. The fourth-order valence-corrected chi connectivity index (χ4v) is 5.15. The molecular weight excluding hydrogens is 275 g/mol. The van der Waals surface area contributed by atoms with Gasteiger partial charge in [-0.3, -0.25) is 0 Å². The highest BCUT2D eigenvalue weighted by Gasteiger charge is 2.43. The van der Waals surface area contributed by atoms with Gasteiger partial charge in [0, 0.05) is 17.2 Å². The number of alkyl halides is 2. The van der Waals surface area contributed by atoms with Crippen LogP contribution in [0.15, 0.2) is 30.3 Å². The van der Waals surface area contributed by atoms with Gasteiger partial charge in [0.15, 0.2) is 0 Å². The van der Waals surface area contributed by atoms with Crippen LogP contribution in [0.4, 0.5) is 0 Å². The third-order valence-corrected chi connectivity index (χ3v) is 6.46. The monoisotopic (exact) mass is 296 g/mol. The zero-order chi connectivity index (χ0) is 13.3. The van der Waals surface area contributed by atoms with Crippen molar-refractivity contribution in [2.45, 2.75) is 37.5 Å². The van der Waals surface area contributed by atoms with E-state index in [0.29, 0.717) is 11.8 Å². The van der Waals surface area contributed by atoms with Gasteiger partial charge in [0.1, 0.15) is 0 Å². The third kappa shape index (κ3) is 2.54. The molecule has 0 aliphatic heterocycles. The zero-order valence-electron chi connectivity index (χ0n) is 11.3. The standard InChI is InChI=1S/C17H22Cl2/c18-11-17(12-19,16-4-2-1-3-5-16)10-15-9-13-6-7-14(15)8-13/h1-5,13-15H,6-12H2. The number of hydrogen-bond donors (Lipinski definition) is 0. The Balaban J connectivity index is 1.81. The second kappa shape index (κ2) is 5.66. The Hall–Kier alpha value is -0.200. The second-order valence-electron chi connectivity index (χ2n) is 6.55. The first kappa shape index (κ1) is 13.8. The molecule has 3 unspecified atom stereocenters. The van der Waals surface area contributed by atoms with E-state index >= 15 is 0 Å². The maximum absolute atomic E-state index is 6.36. The van der Waals surface area contributed by atoms with Gasteiger partial charge < -0.3 is 0 Å². The molecule has 2 saturated carbocycles. The van der Waals surface area contributed by atoms with Crippen molar-refractivity contribution >= 4 is 23.2 Å². The maximum Gasteiger partial charge on any atom is 0.0332 e. The second-order valence-corrected chi connectivity index (χ2v) is 7.09. The van der Waals surface area contributed by atoms with Gasteiger partial charge in [0.25, 0.3) is 0 Å². The van der Waals surface area contributed by atoms with Gasteiger partial charge in [0.05, 0.1) is 0 Å². The normalized spacial score (nSPS) is 29.9. The van der Waals surface area contributed by atoms with E-state index in [-0.39, 0.29) is 5.41 Å². The molecule has 0 saturated heterocycles. The topological polar surface area (TPSA) is 0 Å². The van der Waals surface area contributed by atoms with Crippen molar-refractivity contribution in [3.8, 4) is 0 Å². The predicted molar refractivity (Wildman–Crippen MR) is 83.1 cm³/mol. The SMILES string of the molecule is ClCC(CCl)(CC1CC2CCC1C2)c1ccccc1. The molecule has 2 heteroatoms. The Kier molecular flexibility index (Phi) is 4.10. The number of halogens is 2. The smallest absolute Gasteiger partial charge is 0.0332 e. The van der Waals surface area contributed by atoms with E-state index in [2.05, 4.69) is 30.3 Å². The fourth-order valence-electron chi connectivity index (χ4n) is 4.34. The lowest BCUT2D eigenvalue weighted by atomic mass is 9.72. The summed E-state index contributed by atoms with van der Waals surface area (Å²) in [5.74, 6) is 4.05. The van der Waals surface area contributed by atoms with Gasteiger partial charge in [0.2, 0.25) is 0 Å². The van der Waals surface area contributed by atoms with Crippen LogP contribution in [-0.4, -0.2) is 11.8 Å². The maximum atomic E-state index is 6.36. The van der Waals surface area contributed by atoms with Crippen molar-refractivity contribution in [1.82, 2.24) is 0 Å². The van der Waals surface area contributed by atoms with E-state index in [1.54, 1.807) is 0 Å². The largest absolute Gasteiger partial charge is 0.126 e. The van der Waals surface area contributed by atoms with Crippen molar-refractivity contribution in [2.24, 2.45) is 17.8 Å². The Labute approximate surface area is 126 Å². The molecule has 3 atom stereocenters. The third-order valence-electron chi connectivity index (χ3n) is 5.44. The van der Waals surface area contributed by atoms with Gasteiger partial charge in [-0.1, -0.05) is 36.8 Å². The highest BCUT2D eigenvalue weighted by molar-refractivity contribution is 6.22. The van der Waals surface area contributed by atoms with Gasteiger partial charge >= 0.3 is 0 Å². The molecule has 104 valence electrons. The average molecular weight is 297 g/mol. The summed E-state index contributed by atoms with van der Waals surface area (Å²) in [6.45, 7) is 0. The molecule has 2 bridgehead atoms. The van der Waals surface area contributed by atoms with Crippen LogP contribution < -0.4 is 0 Å². The summed E-state index contributed by atoms with van der Waals surface area (Å²) in [6.07, 6.45) is 6.93. The Morgan fingerprint density at radius 2 is 1.74 bits per heavy atom. The molecule has 3 rings (SSSR count). The van der Waals surface area contributed by atoms with Crippen molar-refractivity contribution in [2.75, 3.05) is 11.8 Å². The summed E-state index contributed by atoms with van der Waals surface area (Å²) < 4.78 is 0. The van der Waals surface area contributed by atoms with Gasteiger partial charge in [-0.2, -0.15) is 0 Å². The van der Waals surface area contributed by atoms with E-state index in [1.807, 2.05) is 0 Å². The lowest BCUT2D eigenvalue weighted by Crippen LogP contribution is -2.34. The number of fused-ring (bicyclic) bond motifs is 2. The number of rotatable bonds is 5. The highest BCUT2D eigenvalue weighted by Crippen LogP contribution is 2.52. The molecule has 2 aliphatic rings. The summed E-state index contributed by atoms with van der Waals surface area (Å²) in [7, 11) is 0. The van der Waals surface area contributed by atoms with E-state index in [0.717, 1.165) is 17.8 Å². The summed E-state index contributed by atoms with van der Waals surface area (Å²) in [5.41, 5.74) is 1.29. The molecule has 2 aliphatic carbocycles. The van der Waals surface area contributed by atoms with Crippen molar-refractivity contribution in [1.29, 1.82) is 0 Å². The summed E-state index contributed by atoms with van der Waals surface area (Å²) in [4.78, 5) is 0. The number of benzene rings is 1. The fraction of sp³-hybridized carbons (Fsp3) is 0.647. The first-order valence-electron chi connectivity index (χ1n) is 7.45. The molecule has 0 nitrogen and oxygen atoms in total. The average Bonchev–Trinajstić information content (AvgIpc) is 3.08. The number of hydrogen-bond acceptors (Lipinski definition) is 0. The molecular formula is C17H22Cl2. The molecule has 2 fully saturated rings.